The molecule has 0 N–H and O–H groups in total. The van der Waals surface area contributed by atoms with E-state index in [0.717, 1.165) is 24.8 Å². The first-order valence-electron chi connectivity index (χ1n) is 7.66. The van der Waals surface area contributed by atoms with Gasteiger partial charge in [0.05, 0.1) is 11.1 Å². The van der Waals surface area contributed by atoms with Gasteiger partial charge >= 0.3 is 12.3 Å². The van der Waals surface area contributed by atoms with Crippen molar-refractivity contribution in [2.45, 2.75) is 38.5 Å². The molecule has 0 heterocycles. The minimum Gasteiger partial charge on any atom is -0.429 e. The van der Waals surface area contributed by atoms with Crippen molar-refractivity contribution in [3.8, 4) is 5.75 Å². The van der Waals surface area contributed by atoms with E-state index in [0.29, 0.717) is 18.2 Å². The maximum atomic E-state index is 14.1. The fraction of sp³-hybridized carbons (Fsp3) is 0.333. The van der Waals surface area contributed by atoms with E-state index in [4.69, 9.17) is 0 Å². The Morgan fingerprint density at radius 2 is 1.56 bits per heavy atom. The number of rotatable bonds is 6. The first kappa shape index (κ1) is 19.1. The van der Waals surface area contributed by atoms with E-state index in [9.17, 15) is 26.3 Å². The average Bonchev–Trinajstić information content (AvgIpc) is 2.51. The Labute approximate surface area is 141 Å². The van der Waals surface area contributed by atoms with Crippen LogP contribution in [0, 0.1) is 5.82 Å². The molecule has 0 aliphatic heterocycles. The Kier molecular flexibility index (Phi) is 5.65. The minimum atomic E-state index is -4.90. The van der Waals surface area contributed by atoms with Crippen LogP contribution in [-0.2, 0) is 18.7 Å². The van der Waals surface area contributed by atoms with Gasteiger partial charge in [0.25, 0.3) is 0 Å². The Morgan fingerprint density at radius 1 is 0.920 bits per heavy atom. The van der Waals surface area contributed by atoms with Gasteiger partial charge in [-0.1, -0.05) is 25.5 Å². The zero-order chi connectivity index (χ0) is 18.7. The van der Waals surface area contributed by atoms with Crippen LogP contribution < -0.4 is 4.74 Å². The lowest BCUT2D eigenvalue weighted by atomic mass is 10.1. The molecule has 0 spiro atoms. The molecule has 0 amide bonds. The molecule has 2 rings (SSSR count). The Morgan fingerprint density at radius 3 is 2.08 bits per heavy atom. The van der Waals surface area contributed by atoms with Gasteiger partial charge in [-0.2, -0.15) is 22.0 Å². The second-order valence-corrected chi connectivity index (χ2v) is 5.56. The number of unbranched alkanes of at least 4 members (excludes halogenated alkanes) is 1. The van der Waals surface area contributed by atoms with E-state index in [1.165, 1.54) is 24.3 Å². The molecule has 0 saturated carbocycles. The average molecular weight is 362 g/mol. The zero-order valence-corrected chi connectivity index (χ0v) is 13.3. The van der Waals surface area contributed by atoms with Gasteiger partial charge in [-0.05, 0) is 42.7 Å². The molecule has 136 valence electrons. The predicted molar refractivity (Wildman–Crippen MR) is 81.0 cm³/mol. The Hall–Kier alpha value is -2.18. The molecule has 0 aromatic heterocycles. The molecule has 7 heteroatoms. The summed E-state index contributed by atoms with van der Waals surface area (Å²) in [6.45, 7) is 2.01. The molecule has 0 atom stereocenters. The van der Waals surface area contributed by atoms with E-state index >= 15 is 0 Å². The van der Waals surface area contributed by atoms with Gasteiger partial charge < -0.3 is 4.74 Å². The summed E-state index contributed by atoms with van der Waals surface area (Å²) in [5.41, 5.74) is -1.11. The van der Waals surface area contributed by atoms with E-state index in [-0.39, 0.29) is 0 Å². The fourth-order valence-corrected chi connectivity index (χ4v) is 2.24. The van der Waals surface area contributed by atoms with Crippen LogP contribution in [0.4, 0.5) is 26.3 Å². The first-order chi connectivity index (χ1) is 11.6. The SMILES string of the molecule is CCCCc1ccc(C(F)(F)Oc2ccc(C(F)(F)F)c(F)c2)cc1. The largest absolute Gasteiger partial charge is 0.429 e. The normalized spacial score (nSPS) is 12.3. The summed E-state index contributed by atoms with van der Waals surface area (Å²) in [5.74, 6) is -2.36. The summed E-state index contributed by atoms with van der Waals surface area (Å²) in [5, 5.41) is 0. The van der Waals surface area contributed by atoms with Gasteiger partial charge in [-0.3, -0.25) is 0 Å². The molecule has 25 heavy (non-hydrogen) atoms. The highest BCUT2D eigenvalue weighted by molar-refractivity contribution is 5.32. The van der Waals surface area contributed by atoms with Crippen molar-refractivity contribution in [3.05, 3.63) is 65.0 Å². The smallest absolute Gasteiger partial charge is 0.426 e. The molecular formula is C18H16F6O. The molecule has 1 nitrogen and oxygen atoms in total. The summed E-state index contributed by atoms with van der Waals surface area (Å²) in [7, 11) is 0. The van der Waals surface area contributed by atoms with Gasteiger partial charge in [0.2, 0.25) is 0 Å². The molecular weight excluding hydrogens is 346 g/mol. The third-order valence-electron chi connectivity index (χ3n) is 3.60. The molecule has 0 aliphatic rings. The summed E-state index contributed by atoms with van der Waals surface area (Å²) in [6, 6.07) is 6.78. The summed E-state index contributed by atoms with van der Waals surface area (Å²) < 4.78 is 83.6. The zero-order valence-electron chi connectivity index (χ0n) is 13.3. The van der Waals surface area contributed by atoms with Crippen molar-refractivity contribution in [1.29, 1.82) is 0 Å². The van der Waals surface area contributed by atoms with Crippen LogP contribution in [0.1, 0.15) is 36.5 Å². The summed E-state index contributed by atoms with van der Waals surface area (Å²) in [6.07, 6.45) is -6.04. The molecule has 2 aromatic rings. The number of halogens is 6. The van der Waals surface area contributed by atoms with Gasteiger partial charge in [0, 0.05) is 6.07 Å². The van der Waals surface area contributed by atoms with Crippen LogP contribution in [0.5, 0.6) is 5.75 Å². The maximum absolute atomic E-state index is 14.1. The van der Waals surface area contributed by atoms with Gasteiger partial charge in [-0.25, -0.2) is 4.39 Å². The lowest BCUT2D eigenvalue weighted by Crippen LogP contribution is -2.22. The minimum absolute atomic E-state index is 0.298. The molecule has 0 bridgehead atoms. The molecule has 2 aromatic carbocycles. The second kappa shape index (κ2) is 7.37. The lowest BCUT2D eigenvalue weighted by molar-refractivity contribution is -0.185. The summed E-state index contributed by atoms with van der Waals surface area (Å²) >= 11 is 0. The quantitative estimate of drug-likeness (QED) is 0.547. The Balaban J connectivity index is 2.16. The second-order valence-electron chi connectivity index (χ2n) is 5.56. The van der Waals surface area contributed by atoms with Crippen LogP contribution in [0.2, 0.25) is 0 Å². The number of ether oxygens (including phenoxy) is 1. The van der Waals surface area contributed by atoms with Crippen LogP contribution in [-0.4, -0.2) is 0 Å². The lowest BCUT2D eigenvalue weighted by Gasteiger charge is -2.19. The molecule has 0 fully saturated rings. The predicted octanol–water partition coefficient (Wildman–Crippen LogP) is 6.32. The van der Waals surface area contributed by atoms with E-state index < -0.39 is 35.0 Å². The van der Waals surface area contributed by atoms with Crippen LogP contribution in [0.3, 0.4) is 0 Å². The highest BCUT2D eigenvalue weighted by Crippen LogP contribution is 2.36. The highest BCUT2D eigenvalue weighted by atomic mass is 19.4. The van der Waals surface area contributed by atoms with Crippen molar-refractivity contribution in [2.75, 3.05) is 0 Å². The van der Waals surface area contributed by atoms with Crippen molar-refractivity contribution in [1.82, 2.24) is 0 Å². The van der Waals surface area contributed by atoms with Crippen molar-refractivity contribution in [3.63, 3.8) is 0 Å². The fourth-order valence-electron chi connectivity index (χ4n) is 2.24. The van der Waals surface area contributed by atoms with Crippen molar-refractivity contribution >= 4 is 0 Å². The molecule has 0 aliphatic carbocycles. The van der Waals surface area contributed by atoms with Crippen molar-refractivity contribution in [2.24, 2.45) is 0 Å². The molecule has 0 saturated heterocycles. The van der Waals surface area contributed by atoms with E-state index in [1.54, 1.807) is 0 Å². The van der Waals surface area contributed by atoms with Crippen LogP contribution in [0.15, 0.2) is 42.5 Å². The monoisotopic (exact) mass is 362 g/mol. The van der Waals surface area contributed by atoms with E-state index in [2.05, 4.69) is 4.74 Å². The number of hydrogen-bond donors (Lipinski definition) is 0. The molecule has 0 radical (unpaired) electrons. The number of benzene rings is 2. The summed E-state index contributed by atoms with van der Waals surface area (Å²) in [4.78, 5) is 0. The molecule has 0 unspecified atom stereocenters. The topological polar surface area (TPSA) is 9.23 Å². The number of aryl methyl sites for hydroxylation is 1. The number of hydrogen-bond acceptors (Lipinski definition) is 1. The Bertz CT molecular complexity index is 706. The maximum Gasteiger partial charge on any atom is 0.426 e. The van der Waals surface area contributed by atoms with Gasteiger partial charge in [0.1, 0.15) is 11.6 Å². The first-order valence-corrected chi connectivity index (χ1v) is 7.66. The standard InChI is InChI=1S/C18H16F6O/c1-2-3-4-12-5-7-13(8-6-12)18(23,24)25-14-9-10-15(16(19)11-14)17(20,21)22/h5-11H,2-4H2,1H3. The van der Waals surface area contributed by atoms with Crippen LogP contribution >= 0.6 is 0 Å². The van der Waals surface area contributed by atoms with Crippen LogP contribution in [0.25, 0.3) is 0 Å². The van der Waals surface area contributed by atoms with E-state index in [1.807, 2.05) is 6.92 Å². The van der Waals surface area contributed by atoms with Gasteiger partial charge in [-0.15, -0.1) is 0 Å². The third-order valence-corrected chi connectivity index (χ3v) is 3.60. The highest BCUT2D eigenvalue weighted by Gasteiger charge is 2.37. The van der Waals surface area contributed by atoms with Crippen molar-refractivity contribution < 1.29 is 31.1 Å². The van der Waals surface area contributed by atoms with Gasteiger partial charge in [0.15, 0.2) is 0 Å². The third kappa shape index (κ3) is 4.90. The number of alkyl halides is 5.